The number of hydrogen-bond donors (Lipinski definition) is 2. The van der Waals surface area contributed by atoms with Crippen LogP contribution in [0.1, 0.15) is 45.4 Å². The van der Waals surface area contributed by atoms with Gasteiger partial charge in [0.15, 0.2) is 17.5 Å². The van der Waals surface area contributed by atoms with Gasteiger partial charge in [0.05, 0.1) is 6.54 Å². The van der Waals surface area contributed by atoms with Crippen LogP contribution in [0.3, 0.4) is 0 Å². The highest BCUT2D eigenvalue weighted by atomic mass is 127. The lowest BCUT2D eigenvalue weighted by Crippen LogP contribution is -2.45. The fourth-order valence-corrected chi connectivity index (χ4v) is 4.49. The fourth-order valence-electron chi connectivity index (χ4n) is 4.49. The number of rotatable bonds is 7. The molecular formula is C23H35IN4O4. The monoisotopic (exact) mass is 558 g/mol. The number of guanidine groups is 1. The molecule has 0 radical (unpaired) electrons. The summed E-state index contributed by atoms with van der Waals surface area (Å²) in [6, 6.07) is 5.80. The zero-order valence-corrected chi connectivity index (χ0v) is 21.1. The Kier molecular flexibility index (Phi) is 9.55. The number of amides is 1. The minimum Gasteiger partial charge on any atom is -0.492 e. The maximum Gasteiger partial charge on any atom is 0.231 e. The van der Waals surface area contributed by atoms with Gasteiger partial charge in [-0.15, -0.1) is 24.0 Å². The molecule has 1 unspecified atom stereocenters. The van der Waals surface area contributed by atoms with E-state index in [1.54, 1.807) is 0 Å². The van der Waals surface area contributed by atoms with Crippen molar-refractivity contribution in [2.45, 2.75) is 51.5 Å². The van der Waals surface area contributed by atoms with Crippen molar-refractivity contribution < 1.29 is 19.0 Å². The fraction of sp³-hybridized carbons (Fsp3) is 0.652. The molecule has 1 aromatic rings. The molecule has 32 heavy (non-hydrogen) atoms. The van der Waals surface area contributed by atoms with E-state index in [2.05, 4.69) is 15.6 Å². The lowest BCUT2D eigenvalue weighted by Gasteiger charge is -2.26. The number of benzene rings is 1. The van der Waals surface area contributed by atoms with Crippen molar-refractivity contribution in [3.05, 3.63) is 18.2 Å². The molecule has 0 spiro atoms. The number of aliphatic imine (C=N–C) groups is 1. The average Bonchev–Trinajstić information content (AvgIpc) is 3.46. The molecule has 1 amide bonds. The minimum atomic E-state index is 0. The first kappa shape index (κ1) is 24.7. The van der Waals surface area contributed by atoms with Crippen molar-refractivity contribution in [1.82, 2.24) is 15.5 Å². The number of carbonyl (C=O) groups is 1. The molecule has 3 aliphatic rings. The third-order valence-electron chi connectivity index (χ3n) is 6.11. The topological polar surface area (TPSA) is 84.4 Å². The Hall–Kier alpha value is -1.91. The van der Waals surface area contributed by atoms with Gasteiger partial charge in [-0.3, -0.25) is 4.79 Å². The SMILES string of the molecule is CCNC(=NCCOc1ccc2c(c1)OCO2)NC1CCN(C(=O)C2CCCCC2)C1.I. The van der Waals surface area contributed by atoms with Crippen LogP contribution in [0, 0.1) is 5.92 Å². The second-order valence-electron chi connectivity index (χ2n) is 8.37. The Labute approximate surface area is 207 Å². The standard InChI is InChI=1S/C23H34N4O4.HI/c1-2-24-23(25-11-13-29-19-8-9-20-21(14-19)31-16-30-20)26-18-10-12-27(15-18)22(28)17-6-4-3-5-7-17;/h8-9,14,17-18H,2-7,10-13,15-16H2,1H3,(H2,24,25,26);1H. The number of halogens is 1. The zero-order chi connectivity index (χ0) is 21.5. The summed E-state index contributed by atoms with van der Waals surface area (Å²) in [5.41, 5.74) is 0. The highest BCUT2D eigenvalue weighted by Crippen LogP contribution is 2.35. The lowest BCUT2D eigenvalue weighted by molar-refractivity contribution is -0.135. The Balaban J connectivity index is 0.00000289. The number of carbonyl (C=O) groups excluding carboxylic acids is 1. The first-order valence-corrected chi connectivity index (χ1v) is 11.6. The molecule has 4 rings (SSSR count). The van der Waals surface area contributed by atoms with Crippen LogP contribution in [0.5, 0.6) is 17.2 Å². The van der Waals surface area contributed by atoms with Gasteiger partial charge in [0.25, 0.3) is 0 Å². The van der Waals surface area contributed by atoms with Crippen LogP contribution in [0.15, 0.2) is 23.2 Å². The molecule has 1 saturated carbocycles. The number of nitrogens with one attached hydrogen (secondary N) is 2. The van der Waals surface area contributed by atoms with Crippen molar-refractivity contribution in [2.24, 2.45) is 10.9 Å². The van der Waals surface area contributed by atoms with Gasteiger partial charge in [-0.1, -0.05) is 19.3 Å². The van der Waals surface area contributed by atoms with Crippen LogP contribution < -0.4 is 24.8 Å². The maximum atomic E-state index is 12.8. The number of likely N-dealkylation sites (tertiary alicyclic amines) is 1. The predicted octanol–water partition coefficient (Wildman–Crippen LogP) is 3.15. The van der Waals surface area contributed by atoms with Crippen molar-refractivity contribution >= 4 is 35.8 Å². The molecule has 1 atom stereocenters. The second kappa shape index (κ2) is 12.4. The van der Waals surface area contributed by atoms with Gasteiger partial charge in [0.2, 0.25) is 12.7 Å². The molecule has 178 valence electrons. The lowest BCUT2D eigenvalue weighted by atomic mass is 9.88. The molecule has 1 aromatic carbocycles. The van der Waals surface area contributed by atoms with Gasteiger partial charge in [0, 0.05) is 37.7 Å². The van der Waals surface area contributed by atoms with Crippen LogP contribution in [0.4, 0.5) is 0 Å². The van der Waals surface area contributed by atoms with Gasteiger partial charge in [-0.05, 0) is 38.3 Å². The summed E-state index contributed by atoms with van der Waals surface area (Å²) in [6.45, 7) is 5.67. The highest BCUT2D eigenvalue weighted by Gasteiger charge is 2.31. The molecule has 0 bridgehead atoms. The molecule has 1 aliphatic carbocycles. The Morgan fingerprint density at radius 2 is 2.00 bits per heavy atom. The number of hydrogen-bond acceptors (Lipinski definition) is 5. The van der Waals surface area contributed by atoms with E-state index in [1.807, 2.05) is 30.0 Å². The largest absolute Gasteiger partial charge is 0.492 e. The van der Waals surface area contributed by atoms with Gasteiger partial charge >= 0.3 is 0 Å². The molecule has 9 heteroatoms. The number of nitrogens with zero attached hydrogens (tertiary/aromatic N) is 2. The first-order chi connectivity index (χ1) is 15.2. The number of fused-ring (bicyclic) bond motifs is 1. The van der Waals surface area contributed by atoms with Crippen LogP contribution in [0.25, 0.3) is 0 Å². The summed E-state index contributed by atoms with van der Waals surface area (Å²) in [6.07, 6.45) is 6.72. The van der Waals surface area contributed by atoms with Gasteiger partial charge in [-0.2, -0.15) is 0 Å². The van der Waals surface area contributed by atoms with Crippen molar-refractivity contribution in [3.8, 4) is 17.2 Å². The summed E-state index contributed by atoms with van der Waals surface area (Å²) in [4.78, 5) is 19.5. The van der Waals surface area contributed by atoms with E-state index in [4.69, 9.17) is 14.2 Å². The molecule has 1 saturated heterocycles. The zero-order valence-electron chi connectivity index (χ0n) is 18.8. The third kappa shape index (κ3) is 6.55. The Bertz CT molecular complexity index is 785. The van der Waals surface area contributed by atoms with Gasteiger partial charge in [0.1, 0.15) is 12.4 Å². The highest BCUT2D eigenvalue weighted by molar-refractivity contribution is 14.0. The molecule has 0 aromatic heterocycles. The van der Waals surface area contributed by atoms with Gasteiger partial charge < -0.3 is 29.7 Å². The Morgan fingerprint density at radius 3 is 2.81 bits per heavy atom. The van der Waals surface area contributed by atoms with Crippen LogP contribution in [-0.4, -0.2) is 62.4 Å². The van der Waals surface area contributed by atoms with Crippen molar-refractivity contribution in [2.75, 3.05) is 39.6 Å². The molecule has 8 nitrogen and oxygen atoms in total. The third-order valence-corrected chi connectivity index (χ3v) is 6.11. The van der Waals surface area contributed by atoms with E-state index in [1.165, 1.54) is 19.3 Å². The summed E-state index contributed by atoms with van der Waals surface area (Å²) in [7, 11) is 0. The number of ether oxygens (including phenoxy) is 3. The van der Waals surface area contributed by atoms with Crippen LogP contribution >= 0.6 is 24.0 Å². The first-order valence-electron chi connectivity index (χ1n) is 11.6. The van der Waals surface area contributed by atoms with Crippen LogP contribution in [-0.2, 0) is 4.79 Å². The summed E-state index contributed by atoms with van der Waals surface area (Å²) in [5.74, 6) is 3.56. The smallest absolute Gasteiger partial charge is 0.231 e. The maximum absolute atomic E-state index is 12.8. The van der Waals surface area contributed by atoms with E-state index in [9.17, 15) is 4.79 Å². The quantitative estimate of drug-likeness (QED) is 0.232. The molecule has 2 fully saturated rings. The summed E-state index contributed by atoms with van der Waals surface area (Å²) < 4.78 is 16.5. The predicted molar refractivity (Wildman–Crippen MR) is 134 cm³/mol. The van der Waals surface area contributed by atoms with Crippen molar-refractivity contribution in [3.63, 3.8) is 0 Å². The second-order valence-corrected chi connectivity index (χ2v) is 8.37. The average molecular weight is 558 g/mol. The summed E-state index contributed by atoms with van der Waals surface area (Å²) >= 11 is 0. The van der Waals surface area contributed by atoms with E-state index in [0.29, 0.717) is 24.8 Å². The van der Waals surface area contributed by atoms with E-state index >= 15 is 0 Å². The molecule has 2 aliphatic heterocycles. The van der Waals surface area contributed by atoms with Crippen molar-refractivity contribution in [1.29, 1.82) is 0 Å². The Morgan fingerprint density at radius 1 is 1.19 bits per heavy atom. The van der Waals surface area contributed by atoms with Crippen LogP contribution in [0.2, 0.25) is 0 Å². The molecule has 2 N–H and O–H groups in total. The van der Waals surface area contributed by atoms with Gasteiger partial charge in [-0.25, -0.2) is 4.99 Å². The van der Waals surface area contributed by atoms with E-state index in [0.717, 1.165) is 56.4 Å². The van der Waals surface area contributed by atoms with E-state index < -0.39 is 0 Å². The van der Waals surface area contributed by atoms with E-state index in [-0.39, 0.29) is 42.7 Å². The normalized spacial score (nSPS) is 20.6. The molecule has 2 heterocycles. The minimum absolute atomic E-state index is 0. The molecular weight excluding hydrogens is 523 g/mol. The summed E-state index contributed by atoms with van der Waals surface area (Å²) in [5, 5.41) is 6.78.